The molecule has 1 saturated carbocycles. The van der Waals surface area contributed by atoms with Crippen LogP contribution in [0.3, 0.4) is 0 Å². The van der Waals surface area contributed by atoms with Gasteiger partial charge in [-0.3, -0.25) is 0 Å². The number of para-hydroxylation sites is 2. The average molecular weight is 672 g/mol. The van der Waals surface area contributed by atoms with E-state index in [-0.39, 0.29) is 5.41 Å². The lowest BCUT2D eigenvalue weighted by molar-refractivity contribution is 0.530. The van der Waals surface area contributed by atoms with Crippen LogP contribution >= 0.6 is 11.3 Å². The van der Waals surface area contributed by atoms with Crippen LogP contribution in [0.15, 0.2) is 152 Å². The fourth-order valence-electron chi connectivity index (χ4n) is 10.7. The summed E-state index contributed by atoms with van der Waals surface area (Å²) in [5, 5.41) is 8.90. The smallest absolute Gasteiger partial charge is 0.182 e. The molecular formula is C47H33NSSi. The number of anilines is 3. The summed E-state index contributed by atoms with van der Waals surface area (Å²) in [5.74, 6) is 0. The zero-order chi connectivity index (χ0) is 32.6. The number of benzene rings is 7. The second-order valence-electron chi connectivity index (χ2n) is 14.7. The quantitative estimate of drug-likeness (QED) is 0.157. The fourth-order valence-corrected chi connectivity index (χ4v) is 17.5. The zero-order valence-corrected chi connectivity index (χ0v) is 29.4. The van der Waals surface area contributed by atoms with E-state index < -0.39 is 8.07 Å². The molecule has 12 rings (SSSR count). The Balaban J connectivity index is 1.17. The lowest BCUT2D eigenvalue weighted by Gasteiger charge is -2.44. The van der Waals surface area contributed by atoms with Crippen LogP contribution in [0, 0.1) is 0 Å². The van der Waals surface area contributed by atoms with Crippen molar-refractivity contribution in [3.63, 3.8) is 0 Å². The lowest BCUT2D eigenvalue weighted by atomic mass is 9.69. The predicted octanol–water partition coefficient (Wildman–Crippen LogP) is 10.0. The number of thiophene rings is 1. The molecule has 4 aliphatic rings. The van der Waals surface area contributed by atoms with E-state index in [9.17, 15) is 0 Å². The molecule has 1 nitrogen and oxygen atoms in total. The van der Waals surface area contributed by atoms with Crippen LogP contribution in [-0.2, 0) is 5.41 Å². The molecule has 0 amide bonds. The molecule has 0 radical (unpaired) electrons. The number of nitrogens with zero attached hydrogens (tertiary/aromatic N) is 1. The molecule has 236 valence electrons. The summed E-state index contributed by atoms with van der Waals surface area (Å²) in [4.78, 5) is 2.59. The first-order valence-electron chi connectivity index (χ1n) is 18.1. The van der Waals surface area contributed by atoms with Gasteiger partial charge in [-0.25, -0.2) is 0 Å². The molecule has 0 bridgehead atoms. The number of fused-ring (bicyclic) bond motifs is 17. The summed E-state index contributed by atoms with van der Waals surface area (Å²) in [5.41, 5.74) is 12.7. The maximum Gasteiger partial charge on any atom is 0.182 e. The number of hydrogen-bond donors (Lipinski definition) is 0. The van der Waals surface area contributed by atoms with Crippen molar-refractivity contribution in [2.45, 2.75) is 31.1 Å². The topological polar surface area (TPSA) is 3.24 Å². The molecule has 1 unspecified atom stereocenters. The van der Waals surface area contributed by atoms with E-state index in [1.165, 1.54) is 112 Å². The van der Waals surface area contributed by atoms with Gasteiger partial charge in [0.25, 0.3) is 0 Å². The highest BCUT2D eigenvalue weighted by Gasteiger charge is 2.54. The molecular weight excluding hydrogens is 639 g/mol. The van der Waals surface area contributed by atoms with E-state index in [4.69, 9.17) is 0 Å². The van der Waals surface area contributed by atoms with Gasteiger partial charge in [-0.1, -0.05) is 128 Å². The van der Waals surface area contributed by atoms with Gasteiger partial charge < -0.3 is 4.90 Å². The molecule has 3 heteroatoms. The largest absolute Gasteiger partial charge is 0.310 e. The Morgan fingerprint density at radius 1 is 0.460 bits per heavy atom. The Hall–Kier alpha value is -5.22. The van der Waals surface area contributed by atoms with E-state index in [1.807, 2.05) is 11.3 Å². The molecule has 1 atom stereocenters. The average Bonchev–Trinajstić information content (AvgIpc) is 3.94. The molecule has 8 aromatic rings. The highest BCUT2D eigenvalue weighted by atomic mass is 32.1. The summed E-state index contributed by atoms with van der Waals surface area (Å²) in [7, 11) is -2.66. The Kier molecular flexibility index (Phi) is 5.36. The Morgan fingerprint density at radius 3 is 1.78 bits per heavy atom. The van der Waals surface area contributed by atoms with Crippen LogP contribution in [0.2, 0.25) is 0 Å². The van der Waals surface area contributed by atoms with Crippen molar-refractivity contribution in [1.82, 2.24) is 0 Å². The second kappa shape index (κ2) is 9.72. The Bertz CT molecular complexity index is 2700. The lowest BCUT2D eigenvalue weighted by Crippen LogP contribution is -2.70. The van der Waals surface area contributed by atoms with Crippen molar-refractivity contribution in [1.29, 1.82) is 0 Å². The maximum absolute atomic E-state index is 2.66. The third-order valence-corrected chi connectivity index (χ3v) is 18.7. The highest BCUT2D eigenvalue weighted by molar-refractivity contribution is 7.27. The van der Waals surface area contributed by atoms with E-state index in [0.717, 1.165) is 0 Å². The van der Waals surface area contributed by atoms with Gasteiger partial charge in [-0.05, 0) is 103 Å². The minimum Gasteiger partial charge on any atom is -0.310 e. The number of hydrogen-bond acceptors (Lipinski definition) is 2. The minimum atomic E-state index is -2.66. The van der Waals surface area contributed by atoms with Crippen LogP contribution in [0.25, 0.3) is 42.4 Å². The van der Waals surface area contributed by atoms with Gasteiger partial charge in [0.05, 0.1) is 11.4 Å². The molecule has 2 spiro atoms. The number of rotatable bonds is 1. The van der Waals surface area contributed by atoms with Crippen LogP contribution < -0.4 is 25.6 Å². The predicted molar refractivity (Wildman–Crippen MR) is 215 cm³/mol. The molecule has 1 fully saturated rings. The van der Waals surface area contributed by atoms with E-state index in [1.54, 1.807) is 5.19 Å². The summed E-state index contributed by atoms with van der Waals surface area (Å²) < 4.78 is 2.75. The molecule has 3 aliphatic heterocycles. The molecule has 4 heterocycles. The van der Waals surface area contributed by atoms with Gasteiger partial charge in [0.15, 0.2) is 8.07 Å². The zero-order valence-electron chi connectivity index (χ0n) is 27.6. The van der Waals surface area contributed by atoms with Gasteiger partial charge in [-0.15, -0.1) is 11.3 Å². The van der Waals surface area contributed by atoms with Crippen molar-refractivity contribution in [3.8, 4) is 22.3 Å². The summed E-state index contributed by atoms with van der Waals surface area (Å²) in [6, 6.07) is 58.9. The standard InChI is InChI=1S/C47H33NSSi/c1-8-20-41-31(13-1)35-29-46-36(28-42(35)49-41)33-15-3-10-22-44(33)50(46)43-21-9-2-14-32(43)34-24-23-30(27-45(34)50)48-39-18-6-4-16-37(39)47(25-11-12-26-47)38-17-5-7-19-40(38)48/h1-10,13-24,27-29H,11-12,25-26H2. The first-order valence-corrected chi connectivity index (χ1v) is 20.9. The SMILES string of the molecule is c1ccc2c(c1)-c1ccc(N3c4ccccc4C4(CCCC4)c4ccccc43)cc1[Si]21c2ccccc2-c2cc3sc4ccccc4c3cc21. The normalized spacial score (nSPS) is 18.7. The molecule has 1 aromatic heterocycles. The van der Waals surface area contributed by atoms with Gasteiger partial charge in [0, 0.05) is 31.3 Å². The van der Waals surface area contributed by atoms with Crippen molar-refractivity contribution in [3.05, 3.63) is 163 Å². The third kappa shape index (κ3) is 3.24. The molecule has 0 saturated heterocycles. The van der Waals surface area contributed by atoms with E-state index in [2.05, 4.69) is 157 Å². The van der Waals surface area contributed by atoms with Crippen molar-refractivity contribution in [2.24, 2.45) is 0 Å². The minimum absolute atomic E-state index is 0.102. The van der Waals surface area contributed by atoms with Crippen LogP contribution in [0.1, 0.15) is 36.8 Å². The van der Waals surface area contributed by atoms with Crippen LogP contribution in [0.5, 0.6) is 0 Å². The highest BCUT2D eigenvalue weighted by Crippen LogP contribution is 2.58. The fraction of sp³-hybridized carbons (Fsp3) is 0.106. The van der Waals surface area contributed by atoms with Crippen LogP contribution in [-0.4, -0.2) is 8.07 Å². The van der Waals surface area contributed by atoms with Gasteiger partial charge in [-0.2, -0.15) is 0 Å². The molecule has 0 N–H and O–H groups in total. The summed E-state index contributed by atoms with van der Waals surface area (Å²) >= 11 is 1.93. The van der Waals surface area contributed by atoms with Crippen LogP contribution in [0.4, 0.5) is 17.1 Å². The summed E-state index contributed by atoms with van der Waals surface area (Å²) in [6.45, 7) is 0. The van der Waals surface area contributed by atoms with Crippen molar-refractivity contribution < 1.29 is 0 Å². The van der Waals surface area contributed by atoms with E-state index >= 15 is 0 Å². The second-order valence-corrected chi connectivity index (χ2v) is 19.5. The Labute approximate surface area is 297 Å². The Morgan fingerprint density at radius 2 is 1.04 bits per heavy atom. The third-order valence-electron chi connectivity index (χ3n) is 12.6. The molecule has 1 aliphatic carbocycles. The van der Waals surface area contributed by atoms with Gasteiger partial charge >= 0.3 is 0 Å². The summed E-state index contributed by atoms with van der Waals surface area (Å²) in [6.07, 6.45) is 5.03. The van der Waals surface area contributed by atoms with Crippen molar-refractivity contribution >= 4 is 77.4 Å². The van der Waals surface area contributed by atoms with Gasteiger partial charge in [0.2, 0.25) is 0 Å². The molecule has 7 aromatic carbocycles. The monoisotopic (exact) mass is 671 g/mol. The maximum atomic E-state index is 2.61. The van der Waals surface area contributed by atoms with Crippen molar-refractivity contribution in [2.75, 3.05) is 4.90 Å². The first-order chi connectivity index (χ1) is 24.8. The van der Waals surface area contributed by atoms with E-state index in [0.29, 0.717) is 0 Å². The first kappa shape index (κ1) is 27.6. The molecule has 50 heavy (non-hydrogen) atoms. The van der Waals surface area contributed by atoms with Gasteiger partial charge in [0.1, 0.15) is 0 Å².